The number of carbonyl (C=O) groups excluding carboxylic acids is 1. The molecule has 0 saturated carbocycles. The maximum Gasteiger partial charge on any atom is 0.336 e. The molecule has 0 aromatic carbocycles. The second-order valence-electron chi connectivity index (χ2n) is 5.07. The smallest absolute Gasteiger partial charge is 0.336 e. The minimum atomic E-state index is -2.65. The quantitative estimate of drug-likeness (QED) is 0.560. The molecule has 0 radical (unpaired) electrons. The van der Waals surface area contributed by atoms with Crippen LogP contribution < -0.4 is 0 Å². The largest absolute Gasteiger partial charge is 0.481 e. The van der Waals surface area contributed by atoms with Gasteiger partial charge in [-0.3, -0.25) is 9.59 Å². The summed E-state index contributed by atoms with van der Waals surface area (Å²) in [4.78, 5) is 33.0. The van der Waals surface area contributed by atoms with Gasteiger partial charge in [-0.2, -0.15) is 0 Å². The van der Waals surface area contributed by atoms with Gasteiger partial charge in [-0.25, -0.2) is 4.79 Å². The van der Waals surface area contributed by atoms with Crippen LogP contribution in [-0.4, -0.2) is 44.4 Å². The van der Waals surface area contributed by atoms with E-state index in [0.717, 1.165) is 6.42 Å². The second-order valence-corrected chi connectivity index (χ2v) is 5.07. The van der Waals surface area contributed by atoms with Crippen LogP contribution in [0.25, 0.3) is 0 Å². The van der Waals surface area contributed by atoms with Crippen LogP contribution >= 0.6 is 0 Å². The third kappa shape index (κ3) is 6.19. The zero-order chi connectivity index (χ0) is 15.3. The number of aliphatic hydroxyl groups is 1. The van der Waals surface area contributed by atoms with Crippen molar-refractivity contribution in [1.82, 2.24) is 0 Å². The van der Waals surface area contributed by atoms with Crippen molar-refractivity contribution >= 4 is 17.9 Å². The highest BCUT2D eigenvalue weighted by atomic mass is 16.6. The summed E-state index contributed by atoms with van der Waals surface area (Å²) in [5.74, 6) is -4.21. The number of hydrogen-bond acceptors (Lipinski definition) is 5. The Kier molecular flexibility index (Phi) is 5.95. The summed E-state index contributed by atoms with van der Waals surface area (Å²) in [6, 6.07) is 0. The number of carboxylic acid groups (broad SMARTS) is 2. The van der Waals surface area contributed by atoms with Gasteiger partial charge in [0.2, 0.25) is 0 Å². The van der Waals surface area contributed by atoms with Gasteiger partial charge in [-0.05, 0) is 20.3 Å². The molecule has 110 valence electrons. The van der Waals surface area contributed by atoms with Crippen molar-refractivity contribution in [3.63, 3.8) is 0 Å². The first kappa shape index (κ1) is 17.4. The van der Waals surface area contributed by atoms with E-state index >= 15 is 0 Å². The highest BCUT2D eigenvalue weighted by Gasteiger charge is 2.42. The standard InChI is InChI=1S/C12H20O7/c1-4-5-11(2,3)19-9(15)7-12(18,10(16)17)6-8(13)14/h18H,4-7H2,1-3H3,(H,13,14)(H,16,17). The zero-order valence-corrected chi connectivity index (χ0v) is 11.3. The van der Waals surface area contributed by atoms with Crippen molar-refractivity contribution in [3.05, 3.63) is 0 Å². The summed E-state index contributed by atoms with van der Waals surface area (Å²) >= 11 is 0. The number of rotatable bonds is 8. The molecule has 19 heavy (non-hydrogen) atoms. The maximum absolute atomic E-state index is 11.6. The van der Waals surface area contributed by atoms with Gasteiger partial charge in [0.1, 0.15) is 5.60 Å². The van der Waals surface area contributed by atoms with Gasteiger partial charge in [0.15, 0.2) is 5.60 Å². The highest BCUT2D eigenvalue weighted by molar-refractivity contribution is 5.88. The van der Waals surface area contributed by atoms with Gasteiger partial charge >= 0.3 is 17.9 Å². The van der Waals surface area contributed by atoms with Crippen LogP contribution in [0.5, 0.6) is 0 Å². The van der Waals surface area contributed by atoms with Crippen molar-refractivity contribution in [2.75, 3.05) is 0 Å². The minimum absolute atomic E-state index is 0.573. The fraction of sp³-hybridized carbons (Fsp3) is 0.750. The lowest BCUT2D eigenvalue weighted by molar-refractivity contribution is -0.176. The molecular formula is C12H20O7. The number of carboxylic acids is 2. The van der Waals surface area contributed by atoms with E-state index in [1.165, 1.54) is 0 Å². The Morgan fingerprint density at radius 1 is 1.11 bits per heavy atom. The van der Waals surface area contributed by atoms with E-state index in [1.807, 2.05) is 6.92 Å². The Morgan fingerprint density at radius 3 is 2.00 bits per heavy atom. The Bertz CT molecular complexity index is 361. The molecule has 0 aromatic heterocycles. The molecule has 0 heterocycles. The average Bonchev–Trinajstić information content (AvgIpc) is 2.13. The summed E-state index contributed by atoms with van der Waals surface area (Å²) < 4.78 is 5.05. The molecule has 0 aliphatic carbocycles. The molecule has 0 amide bonds. The number of hydrogen-bond donors (Lipinski definition) is 3. The molecule has 0 bridgehead atoms. The predicted molar refractivity (Wildman–Crippen MR) is 64.5 cm³/mol. The zero-order valence-electron chi connectivity index (χ0n) is 11.3. The fourth-order valence-electron chi connectivity index (χ4n) is 1.70. The Morgan fingerprint density at radius 2 is 1.63 bits per heavy atom. The molecule has 0 spiro atoms. The van der Waals surface area contributed by atoms with Gasteiger partial charge in [-0.1, -0.05) is 13.3 Å². The average molecular weight is 276 g/mol. The topological polar surface area (TPSA) is 121 Å². The van der Waals surface area contributed by atoms with E-state index in [0.29, 0.717) is 6.42 Å². The van der Waals surface area contributed by atoms with Crippen LogP contribution in [0, 0.1) is 0 Å². The third-order valence-electron chi connectivity index (χ3n) is 2.52. The Balaban J connectivity index is 4.74. The van der Waals surface area contributed by atoms with Crippen molar-refractivity contribution in [2.45, 2.75) is 57.7 Å². The van der Waals surface area contributed by atoms with Gasteiger partial charge in [0.05, 0.1) is 12.8 Å². The molecule has 7 nitrogen and oxygen atoms in total. The Hall–Kier alpha value is -1.63. The summed E-state index contributed by atoms with van der Waals surface area (Å²) in [7, 11) is 0. The van der Waals surface area contributed by atoms with Crippen LogP contribution in [0.2, 0.25) is 0 Å². The molecule has 3 N–H and O–H groups in total. The molecule has 0 aliphatic heterocycles. The molecule has 0 aliphatic rings. The van der Waals surface area contributed by atoms with Gasteiger partial charge in [0, 0.05) is 0 Å². The van der Waals surface area contributed by atoms with Gasteiger partial charge < -0.3 is 20.1 Å². The monoisotopic (exact) mass is 276 g/mol. The number of ether oxygens (including phenoxy) is 1. The van der Waals surface area contributed by atoms with E-state index < -0.39 is 42.0 Å². The van der Waals surface area contributed by atoms with Crippen LogP contribution in [0.3, 0.4) is 0 Å². The molecule has 7 heteroatoms. The Labute approximate surface area is 111 Å². The van der Waals surface area contributed by atoms with Gasteiger partial charge in [-0.15, -0.1) is 0 Å². The van der Waals surface area contributed by atoms with Crippen molar-refractivity contribution in [3.8, 4) is 0 Å². The minimum Gasteiger partial charge on any atom is -0.481 e. The number of carbonyl (C=O) groups is 3. The van der Waals surface area contributed by atoms with E-state index in [9.17, 15) is 19.5 Å². The number of esters is 1. The van der Waals surface area contributed by atoms with E-state index in [-0.39, 0.29) is 0 Å². The predicted octanol–water partition coefficient (Wildman–Crippen LogP) is 0.789. The lowest BCUT2D eigenvalue weighted by atomic mass is 9.95. The van der Waals surface area contributed by atoms with Crippen molar-refractivity contribution in [1.29, 1.82) is 0 Å². The van der Waals surface area contributed by atoms with E-state index in [1.54, 1.807) is 13.8 Å². The third-order valence-corrected chi connectivity index (χ3v) is 2.52. The summed E-state index contributed by atoms with van der Waals surface area (Å²) in [6.07, 6.45) is -0.630. The summed E-state index contributed by atoms with van der Waals surface area (Å²) in [6.45, 7) is 5.21. The van der Waals surface area contributed by atoms with Crippen LogP contribution in [0.4, 0.5) is 0 Å². The number of aliphatic carboxylic acids is 2. The molecule has 1 atom stereocenters. The molecule has 0 fully saturated rings. The molecule has 0 saturated heterocycles. The van der Waals surface area contributed by atoms with Crippen LogP contribution in [-0.2, 0) is 19.1 Å². The highest BCUT2D eigenvalue weighted by Crippen LogP contribution is 2.22. The first-order chi connectivity index (χ1) is 8.52. The SMILES string of the molecule is CCCC(C)(C)OC(=O)CC(O)(CC(=O)O)C(=O)O. The van der Waals surface area contributed by atoms with E-state index in [2.05, 4.69) is 0 Å². The lowest BCUT2D eigenvalue weighted by Gasteiger charge is -2.27. The normalized spacial score (nSPS) is 14.5. The first-order valence-electron chi connectivity index (χ1n) is 5.92. The lowest BCUT2D eigenvalue weighted by Crippen LogP contribution is -2.44. The van der Waals surface area contributed by atoms with Crippen molar-refractivity contribution in [2.24, 2.45) is 0 Å². The van der Waals surface area contributed by atoms with Crippen LogP contribution in [0.15, 0.2) is 0 Å². The van der Waals surface area contributed by atoms with E-state index in [4.69, 9.17) is 14.9 Å². The van der Waals surface area contributed by atoms with Crippen molar-refractivity contribution < 1.29 is 34.4 Å². The fourth-order valence-corrected chi connectivity index (χ4v) is 1.70. The summed E-state index contributed by atoms with van der Waals surface area (Å²) in [5.41, 5.74) is -3.43. The second kappa shape index (κ2) is 6.51. The maximum atomic E-state index is 11.6. The first-order valence-corrected chi connectivity index (χ1v) is 5.92. The molecule has 0 aromatic rings. The molecule has 1 unspecified atom stereocenters. The van der Waals surface area contributed by atoms with Gasteiger partial charge in [0.25, 0.3) is 0 Å². The van der Waals surface area contributed by atoms with Crippen LogP contribution in [0.1, 0.15) is 46.5 Å². The molecular weight excluding hydrogens is 256 g/mol. The summed E-state index contributed by atoms with van der Waals surface area (Å²) in [5, 5.41) is 27.0. The molecule has 0 rings (SSSR count).